The van der Waals surface area contributed by atoms with Gasteiger partial charge in [-0.3, -0.25) is 4.79 Å². The third-order valence-electron chi connectivity index (χ3n) is 3.94. The first-order valence-corrected chi connectivity index (χ1v) is 7.96. The number of aliphatic hydroxyl groups is 1. The number of amides is 1. The molecule has 1 N–H and O–H groups in total. The Morgan fingerprint density at radius 2 is 2.17 bits per heavy atom. The van der Waals surface area contributed by atoms with Crippen molar-refractivity contribution in [1.29, 1.82) is 0 Å². The number of morpholine rings is 1. The number of ether oxygens (including phenoxy) is 2. The third kappa shape index (κ3) is 5.49. The molecule has 128 valence electrons. The molecule has 0 saturated carbocycles. The zero-order chi connectivity index (χ0) is 16.7. The van der Waals surface area contributed by atoms with Gasteiger partial charge in [0.1, 0.15) is 5.75 Å². The molecule has 1 aromatic carbocycles. The fourth-order valence-corrected chi connectivity index (χ4v) is 2.62. The van der Waals surface area contributed by atoms with Crippen LogP contribution in [0.1, 0.15) is 5.56 Å². The van der Waals surface area contributed by atoms with E-state index in [9.17, 15) is 4.79 Å². The van der Waals surface area contributed by atoms with Gasteiger partial charge in [0.2, 0.25) is 0 Å². The summed E-state index contributed by atoms with van der Waals surface area (Å²) in [6.45, 7) is 5.06. The molecule has 6 nitrogen and oxygen atoms in total. The second kappa shape index (κ2) is 8.86. The fourth-order valence-electron chi connectivity index (χ4n) is 2.62. The van der Waals surface area contributed by atoms with Crippen LogP contribution < -0.4 is 4.74 Å². The molecule has 23 heavy (non-hydrogen) atoms. The van der Waals surface area contributed by atoms with Crippen LogP contribution in [-0.2, 0) is 9.53 Å². The molecule has 0 spiro atoms. The summed E-state index contributed by atoms with van der Waals surface area (Å²) in [6, 6.07) is 7.65. The summed E-state index contributed by atoms with van der Waals surface area (Å²) >= 11 is 0. The Kier molecular flexibility index (Phi) is 6.83. The number of hydrogen-bond acceptors (Lipinski definition) is 5. The second-order valence-electron chi connectivity index (χ2n) is 5.90. The van der Waals surface area contributed by atoms with Crippen molar-refractivity contribution in [3.8, 4) is 5.75 Å². The van der Waals surface area contributed by atoms with Crippen LogP contribution in [0.25, 0.3) is 0 Å². The normalized spacial score (nSPS) is 18.3. The van der Waals surface area contributed by atoms with Crippen molar-refractivity contribution in [3.05, 3.63) is 29.8 Å². The maximum atomic E-state index is 12.5. The third-order valence-corrected chi connectivity index (χ3v) is 3.94. The Bertz CT molecular complexity index is 492. The fraction of sp³-hybridized carbons (Fsp3) is 0.588. The molecule has 1 heterocycles. The van der Waals surface area contributed by atoms with Crippen molar-refractivity contribution >= 4 is 5.91 Å². The van der Waals surface area contributed by atoms with Crippen LogP contribution in [0.4, 0.5) is 0 Å². The van der Waals surface area contributed by atoms with Crippen molar-refractivity contribution in [2.24, 2.45) is 0 Å². The van der Waals surface area contributed by atoms with E-state index in [1.165, 1.54) is 0 Å². The monoisotopic (exact) mass is 322 g/mol. The van der Waals surface area contributed by atoms with E-state index in [2.05, 4.69) is 0 Å². The molecule has 0 bridgehead atoms. The van der Waals surface area contributed by atoms with E-state index in [0.29, 0.717) is 38.6 Å². The van der Waals surface area contributed by atoms with Gasteiger partial charge in [0, 0.05) is 19.6 Å². The SMILES string of the molecule is Cc1ccc(OCC(=O)N2CCOC[C@H]2CN(C)CCO)cc1. The van der Waals surface area contributed by atoms with Crippen LogP contribution in [0.3, 0.4) is 0 Å². The molecule has 1 saturated heterocycles. The smallest absolute Gasteiger partial charge is 0.260 e. The van der Waals surface area contributed by atoms with Gasteiger partial charge in [0.25, 0.3) is 5.91 Å². The summed E-state index contributed by atoms with van der Waals surface area (Å²) in [5.74, 6) is 0.669. The molecule has 2 rings (SSSR count). The van der Waals surface area contributed by atoms with Gasteiger partial charge >= 0.3 is 0 Å². The predicted octanol–water partition coefficient (Wildman–Crippen LogP) is 0.525. The number of rotatable bonds is 7. The van der Waals surface area contributed by atoms with Crippen molar-refractivity contribution < 1.29 is 19.4 Å². The lowest BCUT2D eigenvalue weighted by Gasteiger charge is -2.37. The maximum absolute atomic E-state index is 12.5. The lowest BCUT2D eigenvalue weighted by molar-refractivity contribution is -0.142. The molecule has 0 aromatic heterocycles. The molecule has 1 aromatic rings. The Balaban J connectivity index is 1.88. The number of nitrogens with zero attached hydrogens (tertiary/aromatic N) is 2. The van der Waals surface area contributed by atoms with Crippen LogP contribution in [0.15, 0.2) is 24.3 Å². The summed E-state index contributed by atoms with van der Waals surface area (Å²) in [6.07, 6.45) is 0. The first kappa shape index (κ1) is 17.7. The highest BCUT2D eigenvalue weighted by Gasteiger charge is 2.28. The average molecular weight is 322 g/mol. The molecule has 0 unspecified atom stereocenters. The van der Waals surface area contributed by atoms with Crippen molar-refractivity contribution in [3.63, 3.8) is 0 Å². The van der Waals surface area contributed by atoms with Crippen molar-refractivity contribution in [1.82, 2.24) is 9.80 Å². The van der Waals surface area contributed by atoms with Gasteiger partial charge in [-0.15, -0.1) is 0 Å². The molecular weight excluding hydrogens is 296 g/mol. The number of likely N-dealkylation sites (N-methyl/N-ethyl adjacent to an activating group) is 1. The summed E-state index contributed by atoms with van der Waals surface area (Å²) in [7, 11) is 1.93. The van der Waals surface area contributed by atoms with E-state index in [1.54, 1.807) is 0 Å². The molecule has 6 heteroatoms. The summed E-state index contributed by atoms with van der Waals surface area (Å²) in [5.41, 5.74) is 1.16. The highest BCUT2D eigenvalue weighted by atomic mass is 16.5. The number of benzene rings is 1. The minimum atomic E-state index is -0.0312. The van der Waals surface area contributed by atoms with Crippen LogP contribution in [0, 0.1) is 6.92 Å². The molecule has 1 aliphatic rings. The number of aryl methyl sites for hydroxylation is 1. The molecule has 0 aliphatic carbocycles. The van der Waals surface area contributed by atoms with Crippen molar-refractivity contribution in [2.45, 2.75) is 13.0 Å². The molecule has 1 aliphatic heterocycles. The Morgan fingerprint density at radius 1 is 1.43 bits per heavy atom. The van der Waals surface area contributed by atoms with Crippen LogP contribution in [0.2, 0.25) is 0 Å². The summed E-state index contributed by atoms with van der Waals surface area (Å²) < 4.78 is 11.1. The molecule has 1 atom stereocenters. The van der Waals surface area contributed by atoms with Gasteiger partial charge in [-0.1, -0.05) is 17.7 Å². The van der Waals surface area contributed by atoms with E-state index in [0.717, 1.165) is 5.56 Å². The van der Waals surface area contributed by atoms with E-state index in [4.69, 9.17) is 14.6 Å². The highest BCUT2D eigenvalue weighted by molar-refractivity contribution is 5.78. The molecule has 1 amide bonds. The van der Waals surface area contributed by atoms with E-state index >= 15 is 0 Å². The van der Waals surface area contributed by atoms with Gasteiger partial charge in [-0.25, -0.2) is 0 Å². The van der Waals surface area contributed by atoms with Crippen LogP contribution in [0.5, 0.6) is 5.75 Å². The van der Waals surface area contributed by atoms with E-state index in [-0.39, 0.29) is 25.2 Å². The van der Waals surface area contributed by atoms with Crippen LogP contribution >= 0.6 is 0 Å². The predicted molar refractivity (Wildman–Crippen MR) is 87.6 cm³/mol. The standard InChI is InChI=1S/C17H26N2O4/c1-14-3-5-16(6-4-14)23-13-17(21)19-8-10-22-12-15(19)11-18(2)7-9-20/h3-6,15,20H,7-13H2,1-2H3/t15-/m1/s1. The zero-order valence-electron chi connectivity index (χ0n) is 13.9. The van der Waals surface area contributed by atoms with Gasteiger partial charge in [0.05, 0.1) is 25.9 Å². The van der Waals surface area contributed by atoms with Gasteiger partial charge in [0.15, 0.2) is 6.61 Å². The van der Waals surface area contributed by atoms with Gasteiger partial charge in [-0.2, -0.15) is 0 Å². The first-order valence-electron chi connectivity index (χ1n) is 7.96. The molecular formula is C17H26N2O4. The number of hydrogen-bond donors (Lipinski definition) is 1. The first-order chi connectivity index (χ1) is 11.1. The lowest BCUT2D eigenvalue weighted by Crippen LogP contribution is -2.54. The largest absolute Gasteiger partial charge is 0.484 e. The quantitative estimate of drug-likeness (QED) is 0.793. The molecule has 1 fully saturated rings. The minimum absolute atomic E-state index is 0.00517. The lowest BCUT2D eigenvalue weighted by atomic mass is 10.2. The van der Waals surface area contributed by atoms with Crippen molar-refractivity contribution in [2.75, 3.05) is 53.1 Å². The van der Waals surface area contributed by atoms with Gasteiger partial charge < -0.3 is 24.4 Å². The number of aliphatic hydroxyl groups excluding tert-OH is 1. The Labute approximate surface area is 137 Å². The summed E-state index contributed by atoms with van der Waals surface area (Å²) in [4.78, 5) is 16.3. The van der Waals surface area contributed by atoms with Crippen LogP contribution in [-0.4, -0.2) is 80.0 Å². The van der Waals surface area contributed by atoms with E-state index in [1.807, 2.05) is 48.0 Å². The average Bonchev–Trinajstić information content (AvgIpc) is 2.55. The number of carbonyl (C=O) groups excluding carboxylic acids is 1. The topological polar surface area (TPSA) is 62.2 Å². The minimum Gasteiger partial charge on any atom is -0.484 e. The Morgan fingerprint density at radius 3 is 2.87 bits per heavy atom. The zero-order valence-corrected chi connectivity index (χ0v) is 13.9. The second-order valence-corrected chi connectivity index (χ2v) is 5.90. The van der Waals surface area contributed by atoms with E-state index < -0.39 is 0 Å². The highest BCUT2D eigenvalue weighted by Crippen LogP contribution is 2.13. The van der Waals surface area contributed by atoms with Gasteiger partial charge in [-0.05, 0) is 26.1 Å². The maximum Gasteiger partial charge on any atom is 0.260 e. The molecule has 0 radical (unpaired) electrons. The Hall–Kier alpha value is -1.63. The summed E-state index contributed by atoms with van der Waals surface area (Å²) in [5, 5.41) is 9.00. The number of carbonyl (C=O) groups is 1.